The highest BCUT2D eigenvalue weighted by molar-refractivity contribution is 6.30. The zero-order chi connectivity index (χ0) is 19.4. The number of carbonyl (C=O) groups excluding carboxylic acids is 1. The predicted molar refractivity (Wildman–Crippen MR) is 105 cm³/mol. The molecule has 5 nitrogen and oxygen atoms in total. The third-order valence-electron chi connectivity index (χ3n) is 4.47. The summed E-state index contributed by atoms with van der Waals surface area (Å²) in [5, 5.41) is 11.0. The number of carbonyl (C=O) groups is 2. The molecule has 1 aliphatic heterocycles. The number of benzene rings is 2. The molecule has 2 aromatic rings. The van der Waals surface area contributed by atoms with E-state index in [9.17, 15) is 9.59 Å². The predicted octanol–water partition coefficient (Wildman–Crippen LogP) is 4.33. The number of nitrogens with zero attached hydrogens (tertiary/aromatic N) is 1. The average Bonchev–Trinajstić information content (AvgIpc) is 3.08. The second-order valence-corrected chi connectivity index (χ2v) is 7.00. The van der Waals surface area contributed by atoms with Crippen molar-refractivity contribution >= 4 is 29.2 Å². The van der Waals surface area contributed by atoms with Crippen LogP contribution in [0.3, 0.4) is 0 Å². The summed E-state index contributed by atoms with van der Waals surface area (Å²) in [5.41, 5.74) is 7.12. The van der Waals surface area contributed by atoms with Crippen molar-refractivity contribution in [1.29, 1.82) is 0 Å². The molecule has 1 atom stereocenters. The minimum Gasteiger partial charge on any atom is -0.481 e. The Bertz CT molecular complexity index is 860. The minimum absolute atomic E-state index is 0.0244. The fourth-order valence-corrected chi connectivity index (χ4v) is 3.12. The van der Waals surface area contributed by atoms with Gasteiger partial charge in [0.25, 0.3) is 0 Å². The van der Waals surface area contributed by atoms with E-state index in [0.717, 1.165) is 22.4 Å². The quantitative estimate of drug-likeness (QED) is 0.777. The van der Waals surface area contributed by atoms with E-state index in [1.165, 1.54) is 0 Å². The first-order valence-electron chi connectivity index (χ1n) is 8.79. The van der Waals surface area contributed by atoms with E-state index in [1.807, 2.05) is 49.4 Å². The van der Waals surface area contributed by atoms with Crippen LogP contribution in [0.25, 0.3) is 5.70 Å². The van der Waals surface area contributed by atoms with Gasteiger partial charge in [-0.3, -0.25) is 15.0 Å². The Morgan fingerprint density at radius 2 is 1.74 bits per heavy atom. The summed E-state index contributed by atoms with van der Waals surface area (Å²) < 4.78 is 0. The number of carboxylic acid groups (broad SMARTS) is 1. The Morgan fingerprint density at radius 3 is 2.37 bits per heavy atom. The van der Waals surface area contributed by atoms with Crippen molar-refractivity contribution in [2.24, 2.45) is 0 Å². The molecule has 0 spiro atoms. The molecule has 0 radical (unpaired) electrons. The topological polar surface area (TPSA) is 69.6 Å². The molecule has 1 heterocycles. The van der Waals surface area contributed by atoms with Gasteiger partial charge >= 0.3 is 5.97 Å². The highest BCUT2D eigenvalue weighted by Crippen LogP contribution is 2.32. The number of carboxylic acids is 1. The summed E-state index contributed by atoms with van der Waals surface area (Å²) in [4.78, 5) is 23.4. The van der Waals surface area contributed by atoms with E-state index in [-0.39, 0.29) is 24.8 Å². The van der Waals surface area contributed by atoms with Gasteiger partial charge in [0.15, 0.2) is 0 Å². The summed E-state index contributed by atoms with van der Waals surface area (Å²) in [6.45, 7) is 2.02. The summed E-state index contributed by atoms with van der Waals surface area (Å²) in [5.74, 6) is -1.04. The van der Waals surface area contributed by atoms with Crippen LogP contribution in [0.4, 0.5) is 0 Å². The minimum atomic E-state index is -0.898. The average molecular weight is 385 g/mol. The molecule has 1 amide bonds. The van der Waals surface area contributed by atoms with Crippen LogP contribution in [-0.2, 0) is 9.59 Å². The van der Waals surface area contributed by atoms with Crippen LogP contribution >= 0.6 is 11.6 Å². The monoisotopic (exact) mass is 384 g/mol. The third-order valence-corrected chi connectivity index (χ3v) is 4.72. The zero-order valence-electron chi connectivity index (χ0n) is 15.0. The third kappa shape index (κ3) is 4.68. The van der Waals surface area contributed by atoms with E-state index < -0.39 is 5.97 Å². The van der Waals surface area contributed by atoms with Gasteiger partial charge in [-0.2, -0.15) is 0 Å². The second-order valence-electron chi connectivity index (χ2n) is 6.57. The molecule has 2 N–H and O–H groups in total. The molecule has 1 aliphatic rings. The van der Waals surface area contributed by atoms with E-state index in [0.29, 0.717) is 11.4 Å². The van der Waals surface area contributed by atoms with Crippen LogP contribution in [0.15, 0.2) is 54.6 Å². The van der Waals surface area contributed by atoms with Crippen LogP contribution in [0.2, 0.25) is 5.02 Å². The SMILES string of the molecule is Cc1ccc(C2=C[C@H](c3ccc(Cl)cc3)N(C(=O)CCCC(=O)O)N2)cc1. The van der Waals surface area contributed by atoms with Crippen LogP contribution in [-0.4, -0.2) is 22.0 Å². The first kappa shape index (κ1) is 19.0. The molecule has 6 heteroatoms. The van der Waals surface area contributed by atoms with Crippen LogP contribution in [0, 0.1) is 6.92 Å². The Kier molecular flexibility index (Phi) is 5.81. The van der Waals surface area contributed by atoms with Crippen molar-refractivity contribution in [3.05, 3.63) is 76.3 Å². The molecule has 140 valence electrons. The van der Waals surface area contributed by atoms with Gasteiger partial charge in [-0.25, -0.2) is 5.01 Å². The molecule has 27 heavy (non-hydrogen) atoms. The van der Waals surface area contributed by atoms with Gasteiger partial charge in [-0.05, 0) is 42.7 Å². The van der Waals surface area contributed by atoms with Gasteiger partial charge in [0.2, 0.25) is 5.91 Å². The molecule has 0 fully saturated rings. The molecule has 0 saturated heterocycles. The smallest absolute Gasteiger partial charge is 0.303 e. The number of hydrazine groups is 1. The zero-order valence-corrected chi connectivity index (χ0v) is 15.7. The maximum atomic E-state index is 12.7. The maximum absolute atomic E-state index is 12.7. The lowest BCUT2D eigenvalue weighted by atomic mass is 10.0. The van der Waals surface area contributed by atoms with E-state index in [2.05, 4.69) is 5.43 Å². The van der Waals surface area contributed by atoms with E-state index in [4.69, 9.17) is 16.7 Å². The summed E-state index contributed by atoms with van der Waals surface area (Å²) in [7, 11) is 0. The van der Waals surface area contributed by atoms with Crippen molar-refractivity contribution < 1.29 is 14.7 Å². The summed E-state index contributed by atoms with van der Waals surface area (Å²) >= 11 is 5.99. The first-order chi connectivity index (χ1) is 12.9. The van der Waals surface area contributed by atoms with Crippen LogP contribution < -0.4 is 5.43 Å². The number of amides is 1. The van der Waals surface area contributed by atoms with Gasteiger partial charge in [0.05, 0.1) is 11.7 Å². The first-order valence-corrected chi connectivity index (χ1v) is 9.16. The van der Waals surface area contributed by atoms with Crippen molar-refractivity contribution in [3.63, 3.8) is 0 Å². The molecular weight excluding hydrogens is 364 g/mol. The molecular formula is C21H21ClN2O3. The Morgan fingerprint density at radius 1 is 1.07 bits per heavy atom. The Hall–Kier alpha value is -2.79. The van der Waals surface area contributed by atoms with Gasteiger partial charge < -0.3 is 5.11 Å². The van der Waals surface area contributed by atoms with Crippen molar-refractivity contribution in [2.75, 3.05) is 0 Å². The fourth-order valence-electron chi connectivity index (χ4n) is 3.00. The molecule has 0 bridgehead atoms. The van der Waals surface area contributed by atoms with Crippen LogP contribution in [0.5, 0.6) is 0 Å². The van der Waals surface area contributed by atoms with E-state index in [1.54, 1.807) is 17.1 Å². The molecule has 0 aliphatic carbocycles. The largest absolute Gasteiger partial charge is 0.481 e. The number of halogens is 1. The molecule has 0 aromatic heterocycles. The Balaban J connectivity index is 1.84. The van der Waals surface area contributed by atoms with Crippen molar-refractivity contribution in [2.45, 2.75) is 32.2 Å². The van der Waals surface area contributed by atoms with Gasteiger partial charge in [-0.15, -0.1) is 0 Å². The van der Waals surface area contributed by atoms with Crippen molar-refractivity contribution in [3.8, 4) is 0 Å². The number of hydrogen-bond acceptors (Lipinski definition) is 3. The number of aryl methyl sites for hydroxylation is 1. The molecule has 0 unspecified atom stereocenters. The normalized spacial score (nSPS) is 16.0. The highest BCUT2D eigenvalue weighted by atomic mass is 35.5. The van der Waals surface area contributed by atoms with Gasteiger partial charge in [0.1, 0.15) is 0 Å². The van der Waals surface area contributed by atoms with E-state index >= 15 is 0 Å². The lowest BCUT2D eigenvalue weighted by Gasteiger charge is -2.25. The van der Waals surface area contributed by atoms with Crippen LogP contribution in [0.1, 0.15) is 42.0 Å². The number of hydrogen-bond donors (Lipinski definition) is 2. The number of aliphatic carboxylic acids is 1. The standard InChI is InChI=1S/C21H21ClN2O3/c1-14-5-7-15(8-6-14)18-13-19(16-9-11-17(22)12-10-16)24(23-18)20(25)3-2-4-21(26)27/h5-13,19,23H,2-4H2,1H3,(H,26,27)/t19-/m1/s1. The summed E-state index contributed by atoms with van der Waals surface area (Å²) in [6.07, 6.45) is 2.45. The maximum Gasteiger partial charge on any atom is 0.303 e. The molecule has 2 aromatic carbocycles. The number of nitrogens with one attached hydrogen (secondary N) is 1. The summed E-state index contributed by atoms with van der Waals surface area (Å²) in [6, 6.07) is 15.1. The van der Waals surface area contributed by atoms with Crippen molar-refractivity contribution in [1.82, 2.24) is 10.4 Å². The Labute approximate surface area is 163 Å². The lowest BCUT2D eigenvalue weighted by Crippen LogP contribution is -2.39. The lowest BCUT2D eigenvalue weighted by molar-refractivity contribution is -0.137. The van der Waals surface area contributed by atoms with Gasteiger partial charge in [-0.1, -0.05) is 53.6 Å². The second kappa shape index (κ2) is 8.27. The molecule has 3 rings (SSSR count). The van der Waals surface area contributed by atoms with Gasteiger partial charge in [0, 0.05) is 17.9 Å². The highest BCUT2D eigenvalue weighted by Gasteiger charge is 2.30. The fraction of sp³-hybridized carbons (Fsp3) is 0.238. The molecule has 0 saturated carbocycles. The number of rotatable bonds is 6.